The van der Waals surface area contributed by atoms with E-state index in [1.807, 2.05) is 0 Å². The molecule has 0 fully saturated rings. The van der Waals surface area contributed by atoms with E-state index in [1.54, 1.807) is 37.3 Å². The first kappa shape index (κ1) is 14.4. The smallest absolute Gasteiger partial charge is 0.316 e. The molecule has 6 heteroatoms. The molecule has 0 heterocycles. The summed E-state index contributed by atoms with van der Waals surface area (Å²) < 4.78 is 0. The van der Waals surface area contributed by atoms with Crippen LogP contribution in [-0.4, -0.2) is 17.0 Å². The number of aryl methyl sites for hydroxylation is 1. The SMILES string of the molecule is Cc1ccc(O)cc1C(=O)Nc1ccc(NC(N)=O)cc1. The monoisotopic (exact) mass is 285 g/mol. The van der Waals surface area contributed by atoms with Crippen LogP contribution >= 0.6 is 0 Å². The molecule has 3 amide bonds. The molecule has 0 unspecified atom stereocenters. The number of primary amides is 1. The number of phenolic OH excluding ortho intramolecular Hbond substituents is 1. The number of hydrogen-bond acceptors (Lipinski definition) is 3. The van der Waals surface area contributed by atoms with Gasteiger partial charge < -0.3 is 21.5 Å². The molecule has 0 bridgehead atoms. The molecule has 2 rings (SSSR count). The third-order valence-electron chi connectivity index (χ3n) is 2.88. The van der Waals surface area contributed by atoms with Crippen molar-refractivity contribution in [2.45, 2.75) is 6.92 Å². The molecule has 0 aromatic heterocycles. The lowest BCUT2D eigenvalue weighted by Gasteiger charge is -2.09. The second kappa shape index (κ2) is 5.96. The van der Waals surface area contributed by atoms with E-state index in [9.17, 15) is 14.7 Å². The number of aromatic hydroxyl groups is 1. The van der Waals surface area contributed by atoms with Crippen molar-refractivity contribution in [3.8, 4) is 5.75 Å². The van der Waals surface area contributed by atoms with Crippen molar-refractivity contribution < 1.29 is 14.7 Å². The van der Waals surface area contributed by atoms with E-state index >= 15 is 0 Å². The molecule has 0 saturated carbocycles. The number of carbonyl (C=O) groups is 2. The van der Waals surface area contributed by atoms with Crippen LogP contribution in [0.15, 0.2) is 42.5 Å². The van der Waals surface area contributed by atoms with Gasteiger partial charge in [-0.1, -0.05) is 6.07 Å². The Hall–Kier alpha value is -3.02. The van der Waals surface area contributed by atoms with Gasteiger partial charge in [0.1, 0.15) is 5.75 Å². The van der Waals surface area contributed by atoms with Crippen LogP contribution < -0.4 is 16.4 Å². The molecule has 0 aliphatic heterocycles. The third-order valence-corrected chi connectivity index (χ3v) is 2.88. The van der Waals surface area contributed by atoms with Crippen molar-refractivity contribution in [2.75, 3.05) is 10.6 Å². The largest absolute Gasteiger partial charge is 0.508 e. The van der Waals surface area contributed by atoms with Gasteiger partial charge in [-0.3, -0.25) is 4.79 Å². The number of urea groups is 1. The van der Waals surface area contributed by atoms with Gasteiger partial charge in [0.2, 0.25) is 0 Å². The van der Waals surface area contributed by atoms with Gasteiger partial charge in [0.15, 0.2) is 0 Å². The van der Waals surface area contributed by atoms with E-state index in [4.69, 9.17) is 5.73 Å². The van der Waals surface area contributed by atoms with Crippen LogP contribution in [0.5, 0.6) is 5.75 Å². The van der Waals surface area contributed by atoms with Crippen molar-refractivity contribution >= 4 is 23.3 Å². The van der Waals surface area contributed by atoms with Gasteiger partial charge in [-0.15, -0.1) is 0 Å². The van der Waals surface area contributed by atoms with E-state index < -0.39 is 6.03 Å². The van der Waals surface area contributed by atoms with Gasteiger partial charge in [0.05, 0.1) is 0 Å². The molecule has 2 aromatic carbocycles. The highest BCUT2D eigenvalue weighted by Crippen LogP contribution is 2.19. The molecule has 5 N–H and O–H groups in total. The summed E-state index contributed by atoms with van der Waals surface area (Å²) in [5.41, 5.74) is 7.27. The number of benzene rings is 2. The Balaban J connectivity index is 2.12. The Morgan fingerprint density at radius 3 is 2.14 bits per heavy atom. The average molecular weight is 285 g/mol. The number of carbonyl (C=O) groups excluding carboxylic acids is 2. The number of amides is 3. The Morgan fingerprint density at radius 1 is 1.00 bits per heavy atom. The lowest BCUT2D eigenvalue weighted by Crippen LogP contribution is -2.19. The Morgan fingerprint density at radius 2 is 1.57 bits per heavy atom. The minimum Gasteiger partial charge on any atom is -0.508 e. The summed E-state index contributed by atoms with van der Waals surface area (Å²) in [7, 11) is 0. The fraction of sp³-hybridized carbons (Fsp3) is 0.0667. The van der Waals surface area contributed by atoms with Crippen molar-refractivity contribution in [2.24, 2.45) is 5.73 Å². The van der Waals surface area contributed by atoms with Crippen LogP contribution in [0, 0.1) is 6.92 Å². The molecule has 2 aromatic rings. The van der Waals surface area contributed by atoms with Gasteiger partial charge in [0, 0.05) is 16.9 Å². The maximum absolute atomic E-state index is 12.1. The van der Waals surface area contributed by atoms with E-state index in [2.05, 4.69) is 10.6 Å². The molecule has 6 nitrogen and oxygen atoms in total. The minimum absolute atomic E-state index is 0.0340. The summed E-state index contributed by atoms with van der Waals surface area (Å²) in [6, 6.07) is 10.5. The van der Waals surface area contributed by atoms with E-state index in [-0.39, 0.29) is 11.7 Å². The van der Waals surface area contributed by atoms with E-state index in [1.165, 1.54) is 12.1 Å². The van der Waals surface area contributed by atoms with Crippen LogP contribution in [0.3, 0.4) is 0 Å². The second-order valence-electron chi connectivity index (χ2n) is 4.52. The zero-order valence-electron chi connectivity index (χ0n) is 11.4. The fourth-order valence-electron chi connectivity index (χ4n) is 1.83. The number of nitrogens with two attached hydrogens (primary N) is 1. The zero-order chi connectivity index (χ0) is 15.4. The molecule has 0 spiro atoms. The number of anilines is 2. The standard InChI is InChI=1S/C15H15N3O3/c1-9-2-7-12(19)8-13(9)14(20)17-10-3-5-11(6-4-10)18-15(16)21/h2-8,19H,1H3,(H,17,20)(H3,16,18,21). The molecule has 0 atom stereocenters. The summed E-state index contributed by atoms with van der Waals surface area (Å²) in [6.45, 7) is 1.79. The number of rotatable bonds is 3. The zero-order valence-corrected chi connectivity index (χ0v) is 11.4. The van der Waals surface area contributed by atoms with Crippen molar-refractivity contribution in [1.82, 2.24) is 0 Å². The van der Waals surface area contributed by atoms with Crippen molar-refractivity contribution in [1.29, 1.82) is 0 Å². The second-order valence-corrected chi connectivity index (χ2v) is 4.52. The van der Waals surface area contributed by atoms with Crippen molar-refractivity contribution in [3.05, 3.63) is 53.6 Å². The lowest BCUT2D eigenvalue weighted by atomic mass is 10.1. The van der Waals surface area contributed by atoms with Gasteiger partial charge in [-0.2, -0.15) is 0 Å². The normalized spacial score (nSPS) is 9.95. The first-order valence-electron chi connectivity index (χ1n) is 6.23. The number of hydrogen-bond donors (Lipinski definition) is 4. The fourth-order valence-corrected chi connectivity index (χ4v) is 1.83. The van der Waals surface area contributed by atoms with Gasteiger partial charge >= 0.3 is 6.03 Å². The lowest BCUT2D eigenvalue weighted by molar-refractivity contribution is 0.102. The summed E-state index contributed by atoms with van der Waals surface area (Å²) in [4.78, 5) is 22.8. The van der Waals surface area contributed by atoms with Crippen LogP contribution in [0.1, 0.15) is 15.9 Å². The highest BCUT2D eigenvalue weighted by atomic mass is 16.3. The minimum atomic E-state index is -0.651. The topological polar surface area (TPSA) is 104 Å². The highest BCUT2D eigenvalue weighted by Gasteiger charge is 2.10. The van der Waals surface area contributed by atoms with Gasteiger partial charge in [0.25, 0.3) is 5.91 Å². The maximum Gasteiger partial charge on any atom is 0.316 e. The molecule has 0 radical (unpaired) electrons. The van der Waals surface area contributed by atoms with E-state index in [0.29, 0.717) is 16.9 Å². The summed E-state index contributed by atoms with van der Waals surface area (Å²) in [5, 5.41) is 14.6. The van der Waals surface area contributed by atoms with E-state index in [0.717, 1.165) is 5.56 Å². The number of nitrogens with one attached hydrogen (secondary N) is 2. The Bertz CT molecular complexity index is 681. The summed E-state index contributed by atoms with van der Waals surface area (Å²) in [5.74, 6) is -0.286. The number of phenols is 1. The predicted octanol–water partition coefficient (Wildman–Crippen LogP) is 2.44. The third kappa shape index (κ3) is 3.73. The van der Waals surface area contributed by atoms with Crippen LogP contribution in [0.25, 0.3) is 0 Å². The average Bonchev–Trinajstić information content (AvgIpc) is 2.43. The molecule has 0 aliphatic rings. The molecule has 0 saturated heterocycles. The maximum atomic E-state index is 12.1. The highest BCUT2D eigenvalue weighted by molar-refractivity contribution is 6.05. The molecule has 108 valence electrons. The molecule has 21 heavy (non-hydrogen) atoms. The summed E-state index contributed by atoms with van der Waals surface area (Å²) >= 11 is 0. The summed E-state index contributed by atoms with van der Waals surface area (Å²) in [6.07, 6.45) is 0. The van der Waals surface area contributed by atoms with Gasteiger partial charge in [-0.05, 0) is 48.9 Å². The van der Waals surface area contributed by atoms with Crippen molar-refractivity contribution in [3.63, 3.8) is 0 Å². The molecule has 0 aliphatic carbocycles. The first-order chi connectivity index (χ1) is 9.95. The quantitative estimate of drug-likeness (QED) is 0.696. The van der Waals surface area contributed by atoms with Crippen LogP contribution in [0.2, 0.25) is 0 Å². The van der Waals surface area contributed by atoms with Gasteiger partial charge in [-0.25, -0.2) is 4.79 Å². The molecular weight excluding hydrogens is 270 g/mol. The molecular formula is C15H15N3O3. The Kier molecular flexibility index (Phi) is 4.08. The first-order valence-corrected chi connectivity index (χ1v) is 6.23. The Labute approximate surface area is 121 Å². The van der Waals surface area contributed by atoms with Crippen LogP contribution in [0.4, 0.5) is 16.2 Å². The van der Waals surface area contributed by atoms with Crippen LogP contribution in [-0.2, 0) is 0 Å². The predicted molar refractivity (Wildman–Crippen MR) is 80.4 cm³/mol.